The van der Waals surface area contributed by atoms with Gasteiger partial charge in [0.05, 0.1) is 13.1 Å². The van der Waals surface area contributed by atoms with Gasteiger partial charge in [0.25, 0.3) is 0 Å². The lowest BCUT2D eigenvalue weighted by Crippen LogP contribution is -2.40. The maximum Gasteiger partial charge on any atom is 0.223 e. The van der Waals surface area contributed by atoms with Crippen LogP contribution >= 0.6 is 24.0 Å². The van der Waals surface area contributed by atoms with E-state index in [9.17, 15) is 0 Å². The molecule has 0 bridgehead atoms. The van der Waals surface area contributed by atoms with Crippen molar-refractivity contribution in [1.29, 1.82) is 0 Å². The molecule has 0 radical (unpaired) electrons. The molecule has 0 fully saturated rings. The number of aromatic nitrogens is 2. The summed E-state index contributed by atoms with van der Waals surface area (Å²) in [6.07, 6.45) is 0. The number of nitrogens with one attached hydrogen (secondary N) is 1. The van der Waals surface area contributed by atoms with E-state index in [2.05, 4.69) is 27.4 Å². The van der Waals surface area contributed by atoms with Crippen LogP contribution in [-0.4, -0.2) is 48.2 Å². The first kappa shape index (κ1) is 20.2. The second-order valence-electron chi connectivity index (χ2n) is 5.21. The van der Waals surface area contributed by atoms with Gasteiger partial charge in [0.15, 0.2) is 11.8 Å². The Morgan fingerprint density at radius 3 is 2.58 bits per heavy atom. The Hall–Kier alpha value is -1.84. The molecular weight excluding hydrogens is 421 g/mol. The minimum atomic E-state index is 0. The zero-order valence-electron chi connectivity index (χ0n) is 14.4. The van der Waals surface area contributed by atoms with Gasteiger partial charge < -0.3 is 19.5 Å². The third-order valence-corrected chi connectivity index (χ3v) is 3.26. The number of guanidine groups is 1. The van der Waals surface area contributed by atoms with Crippen LogP contribution in [0.5, 0.6) is 5.75 Å². The van der Waals surface area contributed by atoms with E-state index in [0.717, 1.165) is 11.7 Å². The van der Waals surface area contributed by atoms with Gasteiger partial charge in [-0.05, 0) is 19.1 Å². The third kappa shape index (κ3) is 6.34. The van der Waals surface area contributed by atoms with Crippen LogP contribution in [0, 0.1) is 13.8 Å². The predicted octanol–water partition coefficient (Wildman–Crippen LogP) is 2.39. The molecule has 0 spiro atoms. The zero-order chi connectivity index (χ0) is 16.7. The van der Waals surface area contributed by atoms with E-state index < -0.39 is 0 Å². The highest BCUT2D eigenvalue weighted by Gasteiger charge is 2.08. The fraction of sp³-hybridized carbons (Fsp3) is 0.438. The van der Waals surface area contributed by atoms with Crippen molar-refractivity contribution in [3.8, 4) is 5.75 Å². The van der Waals surface area contributed by atoms with Crippen LogP contribution in [-0.2, 0) is 6.54 Å². The van der Waals surface area contributed by atoms with E-state index >= 15 is 0 Å². The van der Waals surface area contributed by atoms with Gasteiger partial charge in [0.1, 0.15) is 12.4 Å². The Labute approximate surface area is 159 Å². The van der Waals surface area contributed by atoms with Crippen LogP contribution in [0.25, 0.3) is 0 Å². The van der Waals surface area contributed by atoms with E-state index in [1.165, 1.54) is 5.56 Å². The third-order valence-electron chi connectivity index (χ3n) is 3.26. The second kappa shape index (κ2) is 10.1. The molecular formula is C16H24IN5O2. The molecule has 1 aromatic heterocycles. The van der Waals surface area contributed by atoms with Crippen LogP contribution in [0.1, 0.15) is 17.3 Å². The predicted molar refractivity (Wildman–Crippen MR) is 104 cm³/mol. The van der Waals surface area contributed by atoms with Crippen molar-refractivity contribution in [3.05, 3.63) is 41.5 Å². The van der Waals surface area contributed by atoms with E-state index in [0.29, 0.717) is 31.4 Å². The van der Waals surface area contributed by atoms with Crippen LogP contribution in [0.3, 0.4) is 0 Å². The summed E-state index contributed by atoms with van der Waals surface area (Å²) in [6.45, 7) is 5.56. The first-order chi connectivity index (χ1) is 11.1. The number of benzene rings is 1. The van der Waals surface area contributed by atoms with E-state index in [4.69, 9.17) is 9.26 Å². The molecule has 2 rings (SSSR count). The van der Waals surface area contributed by atoms with Gasteiger partial charge in [-0.1, -0.05) is 22.9 Å². The molecule has 8 heteroatoms. The Morgan fingerprint density at radius 1 is 1.29 bits per heavy atom. The van der Waals surface area contributed by atoms with Gasteiger partial charge in [0.2, 0.25) is 5.89 Å². The summed E-state index contributed by atoms with van der Waals surface area (Å²) in [6, 6.07) is 8.01. The van der Waals surface area contributed by atoms with Crippen molar-refractivity contribution in [1.82, 2.24) is 20.4 Å². The van der Waals surface area contributed by atoms with Crippen LogP contribution in [0.2, 0.25) is 0 Å². The average molecular weight is 445 g/mol. The maximum absolute atomic E-state index is 5.73. The zero-order valence-corrected chi connectivity index (χ0v) is 16.8. The molecule has 132 valence electrons. The first-order valence-corrected chi connectivity index (χ1v) is 7.49. The Morgan fingerprint density at radius 2 is 2.00 bits per heavy atom. The van der Waals surface area contributed by atoms with Crippen molar-refractivity contribution in [2.24, 2.45) is 4.99 Å². The summed E-state index contributed by atoms with van der Waals surface area (Å²) in [5.41, 5.74) is 1.22. The summed E-state index contributed by atoms with van der Waals surface area (Å²) < 4.78 is 10.7. The molecule has 0 aliphatic heterocycles. The number of hydrogen-bond donors (Lipinski definition) is 1. The normalized spacial score (nSPS) is 10.9. The highest BCUT2D eigenvalue weighted by atomic mass is 127. The van der Waals surface area contributed by atoms with Gasteiger partial charge in [-0.2, -0.15) is 4.98 Å². The van der Waals surface area contributed by atoms with Crippen molar-refractivity contribution >= 4 is 29.9 Å². The number of aryl methyl sites for hydroxylation is 2. The number of ether oxygens (including phenoxy) is 1. The summed E-state index contributed by atoms with van der Waals surface area (Å²) >= 11 is 0. The molecule has 7 nitrogen and oxygen atoms in total. The molecule has 1 heterocycles. The van der Waals surface area contributed by atoms with Crippen LogP contribution in [0.15, 0.2) is 33.8 Å². The number of nitrogens with zero attached hydrogens (tertiary/aromatic N) is 4. The maximum atomic E-state index is 5.73. The van der Waals surface area contributed by atoms with Crippen LogP contribution < -0.4 is 10.1 Å². The lowest BCUT2D eigenvalue weighted by molar-refractivity contribution is 0.281. The quantitative estimate of drug-likeness (QED) is 0.418. The molecule has 0 saturated heterocycles. The summed E-state index contributed by atoms with van der Waals surface area (Å²) in [5, 5.41) is 7.03. The fourth-order valence-corrected chi connectivity index (χ4v) is 2.00. The lowest BCUT2D eigenvalue weighted by Gasteiger charge is -2.21. The van der Waals surface area contributed by atoms with Crippen molar-refractivity contribution < 1.29 is 9.26 Å². The molecule has 2 aromatic rings. The number of hydrogen-bond acceptors (Lipinski definition) is 5. The van der Waals surface area contributed by atoms with Crippen molar-refractivity contribution in [2.45, 2.75) is 20.4 Å². The largest absolute Gasteiger partial charge is 0.492 e. The molecule has 1 aromatic carbocycles. The van der Waals surface area contributed by atoms with E-state index in [1.54, 1.807) is 14.0 Å². The number of likely N-dealkylation sites (N-methyl/N-ethyl adjacent to an activating group) is 1. The lowest BCUT2D eigenvalue weighted by atomic mass is 10.2. The van der Waals surface area contributed by atoms with Crippen LogP contribution in [0.4, 0.5) is 0 Å². The highest BCUT2D eigenvalue weighted by Crippen LogP contribution is 2.11. The van der Waals surface area contributed by atoms with Crippen molar-refractivity contribution in [2.75, 3.05) is 27.2 Å². The summed E-state index contributed by atoms with van der Waals surface area (Å²) in [4.78, 5) is 10.4. The Balaban J connectivity index is 0.00000288. The highest BCUT2D eigenvalue weighted by molar-refractivity contribution is 14.0. The molecule has 0 amide bonds. The molecule has 0 aliphatic rings. The van der Waals surface area contributed by atoms with E-state index in [-0.39, 0.29) is 24.0 Å². The molecule has 0 saturated carbocycles. The standard InChI is InChI=1S/C16H23N5O2.HI/c1-12-5-7-14(8-6-12)22-10-9-21(4)16(17-3)18-11-15-19-13(2)23-20-15;/h5-8H,9-11H2,1-4H3,(H,17,18);1H. The molecule has 24 heavy (non-hydrogen) atoms. The van der Waals surface area contributed by atoms with Gasteiger partial charge in [0, 0.05) is 21.0 Å². The smallest absolute Gasteiger partial charge is 0.223 e. The minimum absolute atomic E-state index is 0. The van der Waals surface area contributed by atoms with Crippen molar-refractivity contribution in [3.63, 3.8) is 0 Å². The van der Waals surface area contributed by atoms with Gasteiger partial charge >= 0.3 is 0 Å². The monoisotopic (exact) mass is 445 g/mol. The summed E-state index contributed by atoms with van der Waals surface area (Å²) in [5.74, 6) is 2.78. The molecule has 0 unspecified atom stereocenters. The SMILES string of the molecule is CN=C(NCc1noc(C)n1)N(C)CCOc1ccc(C)cc1.I. The average Bonchev–Trinajstić information content (AvgIpc) is 2.95. The number of halogens is 1. The minimum Gasteiger partial charge on any atom is -0.492 e. The molecule has 0 aliphatic carbocycles. The first-order valence-electron chi connectivity index (χ1n) is 7.49. The fourth-order valence-electron chi connectivity index (χ4n) is 2.00. The van der Waals surface area contributed by atoms with Gasteiger partial charge in [-0.3, -0.25) is 4.99 Å². The van der Waals surface area contributed by atoms with Gasteiger partial charge in [-0.25, -0.2) is 0 Å². The van der Waals surface area contributed by atoms with Gasteiger partial charge in [-0.15, -0.1) is 24.0 Å². The van der Waals surface area contributed by atoms with E-state index in [1.807, 2.05) is 36.2 Å². The topological polar surface area (TPSA) is 75.8 Å². The number of aliphatic imine (C=N–C) groups is 1. The Kier molecular flexibility index (Phi) is 8.51. The summed E-state index contributed by atoms with van der Waals surface area (Å²) in [7, 11) is 3.69. The molecule has 1 N–H and O–H groups in total. The Bertz CT molecular complexity index is 642. The second-order valence-corrected chi connectivity index (χ2v) is 5.21. The molecule has 0 atom stereocenters. The number of rotatable bonds is 6.